The Morgan fingerprint density at radius 3 is 2.74 bits per heavy atom. The van der Waals surface area contributed by atoms with Crippen molar-refractivity contribution in [3.63, 3.8) is 0 Å². The monoisotopic (exact) mass is 402 g/mol. The first-order chi connectivity index (χ1) is 13.1. The fourth-order valence-corrected chi connectivity index (χ4v) is 3.89. The van der Waals surface area contributed by atoms with E-state index in [1.807, 2.05) is 35.7 Å². The first-order valence-corrected chi connectivity index (χ1v) is 9.75. The number of esters is 1. The second kappa shape index (κ2) is 8.79. The Kier molecular flexibility index (Phi) is 6.20. The van der Waals surface area contributed by atoms with E-state index in [1.54, 1.807) is 0 Å². The maximum Gasteiger partial charge on any atom is 0.340 e. The molecule has 2 aromatic carbocycles. The number of thiazole rings is 1. The van der Waals surface area contributed by atoms with Gasteiger partial charge in [0.05, 0.1) is 24.1 Å². The smallest absolute Gasteiger partial charge is 0.340 e. The van der Waals surface area contributed by atoms with Gasteiger partial charge in [0.2, 0.25) is 5.91 Å². The number of amides is 1. The van der Waals surface area contributed by atoms with E-state index in [0.717, 1.165) is 21.7 Å². The number of nitrogens with zero attached hydrogens (tertiary/aromatic N) is 1. The van der Waals surface area contributed by atoms with E-state index in [-0.39, 0.29) is 17.2 Å². The zero-order chi connectivity index (χ0) is 19.2. The largest absolute Gasteiger partial charge is 0.465 e. The second-order valence-electron chi connectivity index (χ2n) is 5.39. The third-order valence-electron chi connectivity index (χ3n) is 3.53. The van der Waals surface area contributed by atoms with E-state index >= 15 is 0 Å². The number of thioether (sulfide) groups is 1. The van der Waals surface area contributed by atoms with Gasteiger partial charge in [-0.15, -0.1) is 11.3 Å². The second-order valence-corrected chi connectivity index (χ2v) is 7.47. The Morgan fingerprint density at radius 1 is 1.22 bits per heavy atom. The maximum absolute atomic E-state index is 13.6. The molecule has 1 aromatic heterocycles. The van der Waals surface area contributed by atoms with Crippen molar-refractivity contribution >= 4 is 40.7 Å². The van der Waals surface area contributed by atoms with Crippen molar-refractivity contribution in [1.29, 1.82) is 0 Å². The zero-order valence-corrected chi connectivity index (χ0v) is 15.9. The highest BCUT2D eigenvalue weighted by atomic mass is 32.2. The lowest BCUT2D eigenvalue weighted by atomic mass is 10.2. The zero-order valence-electron chi connectivity index (χ0n) is 14.3. The molecule has 1 amide bonds. The van der Waals surface area contributed by atoms with Gasteiger partial charge in [0, 0.05) is 16.6 Å². The van der Waals surface area contributed by atoms with Crippen molar-refractivity contribution in [3.05, 3.63) is 65.3 Å². The number of nitrogens with one attached hydrogen (secondary N) is 1. The fraction of sp³-hybridized carbons (Fsp3) is 0.105. The number of carbonyl (C=O) groups is 2. The Bertz CT molecular complexity index is 961. The van der Waals surface area contributed by atoms with Crippen LogP contribution >= 0.6 is 23.1 Å². The highest BCUT2D eigenvalue weighted by Gasteiger charge is 2.14. The van der Waals surface area contributed by atoms with Crippen LogP contribution in [0.25, 0.3) is 11.3 Å². The summed E-state index contributed by atoms with van der Waals surface area (Å²) in [6.07, 6.45) is 0. The van der Waals surface area contributed by atoms with Gasteiger partial charge < -0.3 is 10.1 Å². The highest BCUT2D eigenvalue weighted by molar-refractivity contribution is 8.01. The van der Waals surface area contributed by atoms with E-state index in [4.69, 9.17) is 0 Å². The molecular weight excluding hydrogens is 387 g/mol. The van der Waals surface area contributed by atoms with Gasteiger partial charge in [0.15, 0.2) is 4.34 Å². The predicted molar refractivity (Wildman–Crippen MR) is 105 cm³/mol. The molecule has 3 rings (SSSR count). The minimum absolute atomic E-state index is 0.146. The summed E-state index contributed by atoms with van der Waals surface area (Å²) >= 11 is 2.78. The third-order valence-corrected chi connectivity index (χ3v) is 5.56. The molecular formula is C19H15FN2O3S2. The number of halogens is 1. The predicted octanol–water partition coefficient (Wildman–Crippen LogP) is 4.47. The van der Waals surface area contributed by atoms with Gasteiger partial charge in [0.1, 0.15) is 5.82 Å². The molecule has 0 radical (unpaired) electrons. The lowest BCUT2D eigenvalue weighted by molar-refractivity contribution is -0.113. The Hall–Kier alpha value is -2.71. The summed E-state index contributed by atoms with van der Waals surface area (Å²) in [6, 6.07) is 13.5. The van der Waals surface area contributed by atoms with Crippen LogP contribution in [-0.4, -0.2) is 29.7 Å². The van der Waals surface area contributed by atoms with Crippen LogP contribution in [0.15, 0.2) is 58.3 Å². The minimum Gasteiger partial charge on any atom is -0.465 e. The first-order valence-electron chi connectivity index (χ1n) is 7.88. The van der Waals surface area contributed by atoms with Gasteiger partial charge in [-0.1, -0.05) is 42.1 Å². The average molecular weight is 402 g/mol. The van der Waals surface area contributed by atoms with Crippen LogP contribution in [0.4, 0.5) is 10.1 Å². The number of anilines is 1. The molecule has 3 aromatic rings. The van der Waals surface area contributed by atoms with E-state index in [9.17, 15) is 14.0 Å². The number of hydrogen-bond donors (Lipinski definition) is 1. The maximum atomic E-state index is 13.6. The van der Waals surface area contributed by atoms with Crippen molar-refractivity contribution in [1.82, 2.24) is 4.98 Å². The summed E-state index contributed by atoms with van der Waals surface area (Å²) in [7, 11) is 1.17. The van der Waals surface area contributed by atoms with Gasteiger partial charge in [-0.2, -0.15) is 0 Å². The van der Waals surface area contributed by atoms with Gasteiger partial charge in [-0.05, 0) is 18.2 Å². The summed E-state index contributed by atoms with van der Waals surface area (Å²) in [4.78, 5) is 28.2. The number of methoxy groups -OCH3 is 1. The van der Waals surface area contributed by atoms with Gasteiger partial charge >= 0.3 is 5.97 Å². The Balaban J connectivity index is 1.59. The van der Waals surface area contributed by atoms with Crippen molar-refractivity contribution < 1.29 is 18.7 Å². The van der Waals surface area contributed by atoms with E-state index in [1.165, 1.54) is 42.3 Å². The molecule has 0 spiro atoms. The van der Waals surface area contributed by atoms with Crippen molar-refractivity contribution in [2.24, 2.45) is 0 Å². The van der Waals surface area contributed by atoms with E-state index in [0.29, 0.717) is 5.69 Å². The third kappa shape index (κ3) is 4.93. The van der Waals surface area contributed by atoms with Gasteiger partial charge in [0.25, 0.3) is 0 Å². The minimum atomic E-state index is -0.797. The topological polar surface area (TPSA) is 68.3 Å². The first kappa shape index (κ1) is 19.1. The number of rotatable bonds is 6. The fourth-order valence-electron chi connectivity index (χ4n) is 2.26. The highest BCUT2D eigenvalue weighted by Crippen LogP contribution is 2.28. The molecule has 0 atom stereocenters. The van der Waals surface area contributed by atoms with Crippen LogP contribution in [0.1, 0.15) is 10.4 Å². The molecule has 27 heavy (non-hydrogen) atoms. The van der Waals surface area contributed by atoms with Crippen LogP contribution in [0.5, 0.6) is 0 Å². The molecule has 0 aliphatic carbocycles. The molecule has 1 N–H and O–H groups in total. The van der Waals surface area contributed by atoms with Crippen LogP contribution in [-0.2, 0) is 9.53 Å². The molecule has 138 valence electrons. The standard InChI is InChI=1S/C19H15FN2O3S2/c1-25-18(24)14-9-13(7-8-15(14)20)21-17(23)11-27-19-22-16(10-26-19)12-5-3-2-4-6-12/h2-10H,11H2,1H3,(H,21,23). The van der Waals surface area contributed by atoms with Crippen LogP contribution in [0.3, 0.4) is 0 Å². The van der Waals surface area contributed by atoms with Crippen LogP contribution < -0.4 is 5.32 Å². The van der Waals surface area contributed by atoms with Crippen LogP contribution in [0, 0.1) is 5.82 Å². The molecule has 5 nitrogen and oxygen atoms in total. The number of hydrogen-bond acceptors (Lipinski definition) is 6. The number of benzene rings is 2. The average Bonchev–Trinajstić information content (AvgIpc) is 3.17. The molecule has 0 unspecified atom stereocenters. The summed E-state index contributed by atoms with van der Waals surface area (Å²) in [5, 5.41) is 4.58. The Morgan fingerprint density at radius 2 is 2.00 bits per heavy atom. The van der Waals surface area contributed by atoms with Crippen LogP contribution in [0.2, 0.25) is 0 Å². The number of carbonyl (C=O) groups excluding carboxylic acids is 2. The molecule has 0 saturated heterocycles. The summed E-state index contributed by atoms with van der Waals surface area (Å²) < 4.78 is 18.9. The normalized spacial score (nSPS) is 10.4. The SMILES string of the molecule is COC(=O)c1cc(NC(=O)CSc2nc(-c3ccccc3)cs2)ccc1F. The lowest BCUT2D eigenvalue weighted by Crippen LogP contribution is -2.15. The van der Waals surface area contributed by atoms with Crippen molar-refractivity contribution in [2.75, 3.05) is 18.2 Å². The number of aromatic nitrogens is 1. The number of ether oxygens (including phenoxy) is 1. The molecule has 0 bridgehead atoms. The summed E-state index contributed by atoms with van der Waals surface area (Å²) in [5.74, 6) is -1.63. The quantitative estimate of drug-likeness (QED) is 0.487. The molecule has 1 heterocycles. The van der Waals surface area contributed by atoms with Gasteiger partial charge in [-0.3, -0.25) is 4.79 Å². The van der Waals surface area contributed by atoms with E-state index in [2.05, 4.69) is 15.0 Å². The van der Waals surface area contributed by atoms with E-state index < -0.39 is 11.8 Å². The molecule has 0 fully saturated rings. The Labute approximate surface area is 163 Å². The summed E-state index contributed by atoms with van der Waals surface area (Å²) in [5.41, 5.74) is 1.98. The van der Waals surface area contributed by atoms with Crippen molar-refractivity contribution in [3.8, 4) is 11.3 Å². The molecule has 0 aliphatic heterocycles. The molecule has 0 aliphatic rings. The summed E-state index contributed by atoms with van der Waals surface area (Å²) in [6.45, 7) is 0. The molecule has 8 heteroatoms. The van der Waals surface area contributed by atoms with Crippen molar-refractivity contribution in [2.45, 2.75) is 4.34 Å². The molecule has 0 saturated carbocycles. The lowest BCUT2D eigenvalue weighted by Gasteiger charge is -2.07. The van der Waals surface area contributed by atoms with Gasteiger partial charge in [-0.25, -0.2) is 14.2 Å².